The van der Waals surface area contributed by atoms with Crippen LogP contribution < -0.4 is 21.3 Å². The van der Waals surface area contributed by atoms with Gasteiger partial charge in [0, 0.05) is 61.3 Å². The zero-order chi connectivity index (χ0) is 73.1. The van der Waals surface area contributed by atoms with Gasteiger partial charge in [0.25, 0.3) is 0 Å². The first-order chi connectivity index (χ1) is 44.0. The molecule has 13 atom stereocenters. The molecule has 5 N–H and O–H groups in total. The zero-order valence-corrected chi connectivity index (χ0v) is 62.1. The van der Waals surface area contributed by atoms with Crippen molar-refractivity contribution in [1.82, 2.24) is 55.6 Å². The standard InChI is InChI=1S/C71H121N11O13/c1-26-51-67(91)76(19)49(18)66(90)77(20)53(36-40(4)5)63(87)75-57(43(10)11)70(94)78(21)52(35-39(2)3)62(86)72-47(16)61(85)73-48(17)65(89)79(22)54(37-41(6)7)68(92)80(23)55(38-42(8)9)69(93)81(24)58(44(12)13)71(95)82(25)59(64(88)74-51)60(84)46(15)29-27-28-30-56(83)50-33-31-45(14)32-34-50/h31-34,39-44,46-49,51-55,57-60,84H,26-30,35-38H2,1-25H3,(H,72,86)(H,73,85)(H,74,88)(H,75,87)/t46-,47+,48-,49-,51+,52+,53+,54+,55+,57+,58+,59+,60-/m1/s1. The zero-order valence-electron chi connectivity index (χ0n) is 62.1. The van der Waals surface area contributed by atoms with Gasteiger partial charge in [0.1, 0.15) is 66.5 Å². The van der Waals surface area contributed by atoms with Crippen LogP contribution >= 0.6 is 0 Å². The Kier molecular flexibility index (Phi) is 33.7. The van der Waals surface area contributed by atoms with Crippen molar-refractivity contribution in [1.29, 1.82) is 0 Å². The van der Waals surface area contributed by atoms with E-state index in [4.69, 9.17) is 0 Å². The Labute approximate surface area is 567 Å². The molecule has 538 valence electrons. The Morgan fingerprint density at radius 1 is 0.442 bits per heavy atom. The molecular weight excluding hydrogens is 1210 g/mol. The molecular formula is C71H121N11O13. The van der Waals surface area contributed by atoms with Crippen LogP contribution in [0.15, 0.2) is 24.3 Å². The van der Waals surface area contributed by atoms with Gasteiger partial charge in [0.15, 0.2) is 5.78 Å². The summed E-state index contributed by atoms with van der Waals surface area (Å²) in [7, 11) is 9.91. The normalized spacial score (nSPS) is 26.0. The molecule has 1 aliphatic heterocycles. The number of nitrogens with one attached hydrogen (secondary N) is 4. The van der Waals surface area contributed by atoms with Crippen LogP contribution in [0.25, 0.3) is 0 Å². The van der Waals surface area contributed by atoms with E-state index in [1.807, 2.05) is 74.4 Å². The number of likely N-dealkylation sites (N-methyl/N-ethyl adjacent to an activating group) is 7. The number of ketones is 1. The second-order valence-electron chi connectivity index (χ2n) is 29.2. The first-order valence-corrected chi connectivity index (χ1v) is 34.3. The lowest BCUT2D eigenvalue weighted by Gasteiger charge is -2.41. The Morgan fingerprint density at radius 3 is 1.33 bits per heavy atom. The number of amides is 11. The number of aliphatic hydroxyl groups is 1. The van der Waals surface area contributed by atoms with E-state index >= 15 is 19.2 Å². The highest BCUT2D eigenvalue weighted by Gasteiger charge is 2.46. The lowest BCUT2D eigenvalue weighted by molar-refractivity contribution is -0.157. The van der Waals surface area contributed by atoms with Crippen LogP contribution in [-0.2, 0) is 52.7 Å². The van der Waals surface area contributed by atoms with Crippen LogP contribution in [0.3, 0.4) is 0 Å². The summed E-state index contributed by atoms with van der Waals surface area (Å²) in [4.78, 5) is 184. The molecule has 0 radical (unpaired) electrons. The molecule has 11 amide bonds. The molecule has 24 heteroatoms. The number of carbonyl (C=O) groups excluding carboxylic acids is 12. The molecule has 0 aliphatic carbocycles. The molecule has 2 rings (SSSR count). The quantitative estimate of drug-likeness (QED) is 0.0853. The van der Waals surface area contributed by atoms with Crippen LogP contribution in [0.2, 0.25) is 0 Å². The van der Waals surface area contributed by atoms with E-state index in [-0.39, 0.29) is 68.0 Å². The van der Waals surface area contributed by atoms with Crippen molar-refractivity contribution in [3.63, 3.8) is 0 Å². The Morgan fingerprint density at radius 2 is 0.863 bits per heavy atom. The largest absolute Gasteiger partial charge is 0.390 e. The highest BCUT2D eigenvalue weighted by Crippen LogP contribution is 2.27. The number of aliphatic hydroxyl groups excluding tert-OH is 1. The maximum Gasteiger partial charge on any atom is 0.246 e. The topological polar surface area (TPSA) is 296 Å². The smallest absolute Gasteiger partial charge is 0.246 e. The summed E-state index contributed by atoms with van der Waals surface area (Å²) in [6.07, 6.45) is 0.401. The number of nitrogens with zero attached hydrogens (tertiary/aromatic N) is 7. The van der Waals surface area contributed by atoms with Gasteiger partial charge in [0.2, 0.25) is 65.0 Å². The van der Waals surface area contributed by atoms with Gasteiger partial charge in [-0.05, 0) is 114 Å². The first-order valence-electron chi connectivity index (χ1n) is 34.3. The number of unbranched alkanes of at least 4 members (excludes halogenated alkanes) is 1. The van der Waals surface area contributed by atoms with Crippen LogP contribution in [0.5, 0.6) is 0 Å². The van der Waals surface area contributed by atoms with Gasteiger partial charge >= 0.3 is 0 Å². The molecule has 1 saturated heterocycles. The minimum Gasteiger partial charge on any atom is -0.390 e. The number of rotatable bonds is 19. The van der Waals surface area contributed by atoms with Crippen LogP contribution in [0.1, 0.15) is 191 Å². The third-order valence-electron chi connectivity index (χ3n) is 18.5. The fraction of sp³-hybridized carbons (Fsp3) is 0.746. The maximum atomic E-state index is 15.4. The van der Waals surface area contributed by atoms with E-state index in [0.29, 0.717) is 24.8 Å². The van der Waals surface area contributed by atoms with Crippen molar-refractivity contribution in [3.8, 4) is 0 Å². The van der Waals surface area contributed by atoms with Crippen molar-refractivity contribution in [2.24, 2.45) is 41.4 Å². The number of Topliss-reactive ketones (excluding diaryl/α,β-unsaturated/α-hetero) is 1. The van der Waals surface area contributed by atoms with Gasteiger partial charge in [-0.2, -0.15) is 0 Å². The minimum atomic E-state index is -1.68. The fourth-order valence-corrected chi connectivity index (χ4v) is 12.2. The van der Waals surface area contributed by atoms with Gasteiger partial charge in [0.05, 0.1) is 6.10 Å². The summed E-state index contributed by atoms with van der Waals surface area (Å²) in [5.74, 6) is -10.2. The Bertz CT molecular complexity index is 2790. The Hall–Kier alpha value is -6.98. The highest BCUT2D eigenvalue weighted by molar-refractivity contribution is 6.00. The average molecular weight is 1340 g/mol. The summed E-state index contributed by atoms with van der Waals surface area (Å²) in [6, 6.07) is -6.65. The number of benzene rings is 1. The average Bonchev–Trinajstić information content (AvgIpc) is 1.44. The van der Waals surface area contributed by atoms with Gasteiger partial charge < -0.3 is 60.7 Å². The number of carbonyl (C=O) groups is 12. The van der Waals surface area contributed by atoms with Crippen molar-refractivity contribution in [3.05, 3.63) is 35.4 Å². The van der Waals surface area contributed by atoms with Crippen molar-refractivity contribution in [2.75, 3.05) is 49.3 Å². The van der Waals surface area contributed by atoms with E-state index in [2.05, 4.69) is 21.3 Å². The summed E-state index contributed by atoms with van der Waals surface area (Å²) in [5.41, 5.74) is 1.58. The second kappa shape index (κ2) is 38.1. The molecule has 1 aromatic carbocycles. The SMILES string of the molecule is CC[C@@H]1NC(=O)[C@H]([C@H](O)[C@H](C)CCCCC(=O)c2ccc(C)cc2)N(C)C(=O)[C@H](C(C)C)N(C)C(=O)[C@H](CC(C)C)N(C)C(=O)[C@H](CC(C)C)N(C)C(=O)[C@@H](C)NC(=O)[C@H](C)NC(=O)[C@H](CC(C)C)N(C)C(=O)[C@H](C(C)C)NC(=O)[C@H](CC(C)C)N(C)C(=O)[C@@H](C)N(C)C1=O. The molecule has 0 aromatic heterocycles. The lowest BCUT2D eigenvalue weighted by atomic mass is 9.89. The third kappa shape index (κ3) is 23.4. The summed E-state index contributed by atoms with van der Waals surface area (Å²) >= 11 is 0. The first kappa shape index (κ1) is 84.1. The monoisotopic (exact) mass is 1340 g/mol. The predicted octanol–water partition coefficient (Wildman–Crippen LogP) is 5.44. The van der Waals surface area contributed by atoms with Gasteiger partial charge in [-0.1, -0.05) is 133 Å². The molecule has 1 aromatic rings. The van der Waals surface area contributed by atoms with Gasteiger partial charge in [-0.25, -0.2) is 0 Å². The Balaban J connectivity index is 2.99. The van der Waals surface area contributed by atoms with Crippen LogP contribution in [-0.4, -0.2) is 232 Å². The minimum absolute atomic E-state index is 0.0157. The molecule has 0 unspecified atom stereocenters. The molecule has 0 spiro atoms. The summed E-state index contributed by atoms with van der Waals surface area (Å²) < 4.78 is 0. The lowest BCUT2D eigenvalue weighted by Crippen LogP contribution is -2.64. The van der Waals surface area contributed by atoms with Crippen molar-refractivity contribution >= 4 is 70.8 Å². The van der Waals surface area contributed by atoms with Crippen LogP contribution in [0, 0.1) is 48.3 Å². The summed E-state index contributed by atoms with van der Waals surface area (Å²) in [5, 5.41) is 23.5. The van der Waals surface area contributed by atoms with Gasteiger partial charge in [-0.15, -0.1) is 0 Å². The fourth-order valence-electron chi connectivity index (χ4n) is 12.2. The van der Waals surface area contributed by atoms with Gasteiger partial charge in [-0.3, -0.25) is 57.5 Å². The highest BCUT2D eigenvalue weighted by atomic mass is 16.3. The molecule has 0 saturated carbocycles. The molecule has 1 aliphatic rings. The molecule has 24 nitrogen and oxygen atoms in total. The summed E-state index contributed by atoms with van der Waals surface area (Å²) in [6.45, 7) is 31.4. The second-order valence-corrected chi connectivity index (χ2v) is 29.2. The third-order valence-corrected chi connectivity index (χ3v) is 18.5. The van der Waals surface area contributed by atoms with E-state index in [1.165, 1.54) is 94.6 Å². The van der Waals surface area contributed by atoms with Crippen LogP contribution in [0.4, 0.5) is 0 Å². The van der Waals surface area contributed by atoms with E-state index < -0.39 is 155 Å². The van der Waals surface area contributed by atoms with Crippen molar-refractivity contribution < 1.29 is 62.6 Å². The number of hydrogen-bond acceptors (Lipinski definition) is 13. The predicted molar refractivity (Wildman–Crippen MR) is 368 cm³/mol. The molecule has 1 heterocycles. The van der Waals surface area contributed by atoms with E-state index in [9.17, 15) is 43.5 Å². The number of hydrogen-bond donors (Lipinski definition) is 5. The van der Waals surface area contributed by atoms with E-state index in [1.54, 1.807) is 53.7 Å². The van der Waals surface area contributed by atoms with Crippen molar-refractivity contribution in [2.45, 2.75) is 255 Å². The van der Waals surface area contributed by atoms with E-state index in [0.717, 1.165) is 15.4 Å². The number of aryl methyl sites for hydroxylation is 1. The maximum absolute atomic E-state index is 15.4. The molecule has 0 bridgehead atoms. The molecule has 1 fully saturated rings. The molecule has 95 heavy (non-hydrogen) atoms.